The second kappa shape index (κ2) is 7.48. The van der Waals surface area contributed by atoms with E-state index >= 15 is 0 Å². The molecule has 0 amide bonds. The highest BCUT2D eigenvalue weighted by Gasteiger charge is 2.19. The van der Waals surface area contributed by atoms with E-state index < -0.39 is 0 Å². The molecule has 1 rings (SSSR count). The molecular weight excluding hydrogens is 218 g/mol. The van der Waals surface area contributed by atoms with Crippen LogP contribution in [0.3, 0.4) is 0 Å². The second-order valence-electron chi connectivity index (χ2n) is 4.63. The van der Waals surface area contributed by atoms with Crippen molar-refractivity contribution in [3.8, 4) is 0 Å². The van der Waals surface area contributed by atoms with Gasteiger partial charge in [0.15, 0.2) is 0 Å². The minimum absolute atomic E-state index is 0.105. The average molecular weight is 241 g/mol. The lowest BCUT2D eigenvalue weighted by molar-refractivity contribution is -0.0180. The van der Waals surface area contributed by atoms with Gasteiger partial charge in [-0.1, -0.05) is 13.8 Å². The van der Waals surface area contributed by atoms with Crippen LogP contribution in [0.2, 0.25) is 0 Å². The molecule has 0 aliphatic heterocycles. The zero-order chi connectivity index (χ0) is 12.7. The van der Waals surface area contributed by atoms with Crippen molar-refractivity contribution in [2.45, 2.75) is 32.9 Å². The Labute approximate surface area is 103 Å². The first-order valence-corrected chi connectivity index (χ1v) is 6.09. The number of hydrogen-bond acceptors (Lipinski definition) is 4. The van der Waals surface area contributed by atoms with Crippen LogP contribution in [0.5, 0.6) is 0 Å². The lowest BCUT2D eigenvalue weighted by Crippen LogP contribution is -2.27. The fourth-order valence-electron chi connectivity index (χ4n) is 1.50. The van der Waals surface area contributed by atoms with Gasteiger partial charge in [-0.15, -0.1) is 0 Å². The molecule has 17 heavy (non-hydrogen) atoms. The summed E-state index contributed by atoms with van der Waals surface area (Å²) in [6, 6.07) is 3.61. The number of ether oxygens (including phenoxy) is 2. The molecular formula is C13H23NO3. The summed E-state index contributed by atoms with van der Waals surface area (Å²) in [6.45, 7) is 8.01. The standard InChI is InChI=1S/C13H23NO3/c1-10(2)9-15-7-8-17-13(11(3)14)12-5-4-6-16-12/h4-6,10-11,13H,7-9,14H2,1-3H3. The first-order chi connectivity index (χ1) is 8.11. The van der Waals surface area contributed by atoms with Crippen LogP contribution in [0.1, 0.15) is 32.6 Å². The molecule has 0 aromatic carbocycles. The van der Waals surface area contributed by atoms with Crippen molar-refractivity contribution < 1.29 is 13.9 Å². The maximum absolute atomic E-state index is 5.87. The van der Waals surface area contributed by atoms with Crippen molar-refractivity contribution in [3.63, 3.8) is 0 Å². The predicted molar refractivity (Wildman–Crippen MR) is 66.7 cm³/mol. The largest absolute Gasteiger partial charge is 0.467 e. The molecule has 0 aliphatic carbocycles. The Balaban J connectivity index is 2.27. The van der Waals surface area contributed by atoms with Crippen LogP contribution in [0.4, 0.5) is 0 Å². The molecule has 0 saturated carbocycles. The van der Waals surface area contributed by atoms with E-state index in [2.05, 4.69) is 13.8 Å². The molecule has 1 aromatic rings. The molecule has 0 fully saturated rings. The van der Waals surface area contributed by atoms with Crippen LogP contribution in [0.25, 0.3) is 0 Å². The maximum atomic E-state index is 5.87. The van der Waals surface area contributed by atoms with E-state index in [0.717, 1.165) is 12.4 Å². The molecule has 2 N–H and O–H groups in total. The van der Waals surface area contributed by atoms with Crippen LogP contribution in [0.15, 0.2) is 22.8 Å². The third-order valence-corrected chi connectivity index (χ3v) is 2.28. The number of furan rings is 1. The average Bonchev–Trinajstić information content (AvgIpc) is 2.75. The minimum atomic E-state index is -0.201. The molecule has 0 spiro atoms. The normalized spacial score (nSPS) is 15.1. The summed E-state index contributed by atoms with van der Waals surface area (Å²) in [4.78, 5) is 0. The van der Waals surface area contributed by atoms with Gasteiger partial charge in [-0.05, 0) is 25.0 Å². The van der Waals surface area contributed by atoms with Gasteiger partial charge in [-0.25, -0.2) is 0 Å². The molecule has 0 saturated heterocycles. The fraction of sp³-hybridized carbons (Fsp3) is 0.692. The summed E-state index contributed by atoms with van der Waals surface area (Å²) in [5.41, 5.74) is 5.87. The van der Waals surface area contributed by atoms with Crippen LogP contribution < -0.4 is 5.73 Å². The van der Waals surface area contributed by atoms with E-state index in [-0.39, 0.29) is 12.1 Å². The zero-order valence-electron chi connectivity index (χ0n) is 10.9. The van der Waals surface area contributed by atoms with Gasteiger partial charge in [0.05, 0.1) is 19.5 Å². The van der Waals surface area contributed by atoms with Crippen molar-refractivity contribution in [2.75, 3.05) is 19.8 Å². The van der Waals surface area contributed by atoms with Crippen molar-refractivity contribution in [2.24, 2.45) is 11.7 Å². The van der Waals surface area contributed by atoms with Crippen LogP contribution in [-0.4, -0.2) is 25.9 Å². The summed E-state index contributed by atoms with van der Waals surface area (Å²) in [6.07, 6.45) is 1.43. The topological polar surface area (TPSA) is 57.6 Å². The lowest BCUT2D eigenvalue weighted by Gasteiger charge is -2.19. The third kappa shape index (κ3) is 5.35. The minimum Gasteiger partial charge on any atom is -0.467 e. The summed E-state index contributed by atoms with van der Waals surface area (Å²) in [7, 11) is 0. The molecule has 0 bridgehead atoms. The molecule has 1 aromatic heterocycles. The number of hydrogen-bond donors (Lipinski definition) is 1. The van der Waals surface area contributed by atoms with Gasteiger partial charge in [0.2, 0.25) is 0 Å². The summed E-state index contributed by atoms with van der Waals surface area (Å²) < 4.78 is 16.4. The van der Waals surface area contributed by atoms with Crippen LogP contribution in [0, 0.1) is 5.92 Å². The van der Waals surface area contributed by atoms with Crippen molar-refractivity contribution >= 4 is 0 Å². The van der Waals surface area contributed by atoms with Gasteiger partial charge in [0.1, 0.15) is 11.9 Å². The van der Waals surface area contributed by atoms with Gasteiger partial charge in [-0.2, -0.15) is 0 Å². The Morgan fingerprint density at radius 1 is 1.29 bits per heavy atom. The quantitative estimate of drug-likeness (QED) is 0.710. The Hall–Kier alpha value is -0.840. The second-order valence-corrected chi connectivity index (χ2v) is 4.63. The number of nitrogens with two attached hydrogens (primary N) is 1. The van der Waals surface area contributed by atoms with Crippen molar-refractivity contribution in [1.29, 1.82) is 0 Å². The monoisotopic (exact) mass is 241 g/mol. The lowest BCUT2D eigenvalue weighted by atomic mass is 10.1. The van der Waals surface area contributed by atoms with E-state index in [4.69, 9.17) is 19.6 Å². The summed E-state index contributed by atoms with van der Waals surface area (Å²) in [5.74, 6) is 1.31. The molecule has 4 heteroatoms. The Morgan fingerprint density at radius 2 is 2.06 bits per heavy atom. The van der Waals surface area contributed by atoms with E-state index in [1.165, 1.54) is 0 Å². The van der Waals surface area contributed by atoms with Gasteiger partial charge in [0.25, 0.3) is 0 Å². The van der Waals surface area contributed by atoms with E-state index in [1.807, 2.05) is 19.1 Å². The van der Waals surface area contributed by atoms with E-state index in [9.17, 15) is 0 Å². The zero-order valence-corrected chi connectivity index (χ0v) is 10.9. The van der Waals surface area contributed by atoms with Gasteiger partial charge < -0.3 is 19.6 Å². The van der Waals surface area contributed by atoms with Crippen molar-refractivity contribution in [1.82, 2.24) is 0 Å². The molecule has 4 nitrogen and oxygen atoms in total. The van der Waals surface area contributed by atoms with Gasteiger partial charge in [0, 0.05) is 12.6 Å². The highest BCUT2D eigenvalue weighted by molar-refractivity contribution is 5.04. The highest BCUT2D eigenvalue weighted by atomic mass is 16.5. The molecule has 0 radical (unpaired) electrons. The predicted octanol–water partition coefficient (Wildman–Crippen LogP) is 2.36. The summed E-state index contributed by atoms with van der Waals surface area (Å²) in [5, 5.41) is 0. The Morgan fingerprint density at radius 3 is 2.59 bits per heavy atom. The highest BCUT2D eigenvalue weighted by Crippen LogP contribution is 2.20. The van der Waals surface area contributed by atoms with Crippen LogP contribution in [-0.2, 0) is 9.47 Å². The Bertz CT molecular complexity index is 283. The molecule has 2 unspecified atom stereocenters. The fourth-order valence-corrected chi connectivity index (χ4v) is 1.50. The first-order valence-electron chi connectivity index (χ1n) is 6.09. The third-order valence-electron chi connectivity index (χ3n) is 2.28. The molecule has 98 valence electrons. The van der Waals surface area contributed by atoms with Gasteiger partial charge in [-0.3, -0.25) is 0 Å². The first kappa shape index (κ1) is 14.2. The molecule has 0 aliphatic rings. The summed E-state index contributed by atoms with van der Waals surface area (Å²) >= 11 is 0. The van der Waals surface area contributed by atoms with Crippen molar-refractivity contribution in [3.05, 3.63) is 24.2 Å². The van der Waals surface area contributed by atoms with Gasteiger partial charge >= 0.3 is 0 Å². The molecule has 2 atom stereocenters. The van der Waals surface area contributed by atoms with E-state index in [1.54, 1.807) is 6.26 Å². The van der Waals surface area contributed by atoms with E-state index in [0.29, 0.717) is 19.1 Å². The maximum Gasteiger partial charge on any atom is 0.134 e. The SMILES string of the molecule is CC(C)COCCOC(c1ccco1)C(C)N. The number of rotatable bonds is 8. The van der Waals surface area contributed by atoms with Crippen LogP contribution >= 0.6 is 0 Å². The molecule has 1 heterocycles. The smallest absolute Gasteiger partial charge is 0.134 e. The Kier molecular flexibility index (Phi) is 6.26.